The summed E-state index contributed by atoms with van der Waals surface area (Å²) in [5.41, 5.74) is 11.5. The molecule has 4 aromatic rings. The van der Waals surface area contributed by atoms with Crippen molar-refractivity contribution >= 4 is 0 Å². The monoisotopic (exact) mass is 464 g/mol. The summed E-state index contributed by atoms with van der Waals surface area (Å²) in [5.74, 6) is 0. The lowest BCUT2D eigenvalue weighted by molar-refractivity contribution is 0.0301. The summed E-state index contributed by atoms with van der Waals surface area (Å²) in [6.45, 7) is 1.52. The summed E-state index contributed by atoms with van der Waals surface area (Å²) in [6, 6.07) is 41.6. The molecule has 0 saturated heterocycles. The molecule has 3 atom stereocenters. The Labute approximate surface area is 209 Å². The van der Waals surface area contributed by atoms with Crippen molar-refractivity contribution in [3.8, 4) is 0 Å². The first kappa shape index (κ1) is 24.9. The quantitative estimate of drug-likeness (QED) is 0.286. The molecule has 0 unspecified atom stereocenters. The number of benzene rings is 4. The molecule has 0 radical (unpaired) electrons. The standard InChI is InChI=1S/C32H36N2O/c33-30(21-26-13-5-1-6-14-26)23-32(35)31(22-27-15-7-2-8-16-27)34(24-28-17-9-3-10-18-28)25-29-19-11-4-12-20-29/h1-20,30-32,35H,21-25,33H2/t30-,31-,32+/m0/s1. The van der Waals surface area contributed by atoms with Gasteiger partial charge in [-0.1, -0.05) is 121 Å². The van der Waals surface area contributed by atoms with Crippen molar-refractivity contribution in [2.75, 3.05) is 0 Å². The van der Waals surface area contributed by atoms with Crippen molar-refractivity contribution in [3.63, 3.8) is 0 Å². The molecule has 0 heterocycles. The summed E-state index contributed by atoms with van der Waals surface area (Å²) in [5, 5.41) is 11.6. The van der Waals surface area contributed by atoms with Crippen LogP contribution in [0.2, 0.25) is 0 Å². The van der Waals surface area contributed by atoms with E-state index >= 15 is 0 Å². The fourth-order valence-electron chi connectivity index (χ4n) is 4.76. The summed E-state index contributed by atoms with van der Waals surface area (Å²) < 4.78 is 0. The van der Waals surface area contributed by atoms with Gasteiger partial charge < -0.3 is 10.8 Å². The third kappa shape index (κ3) is 7.90. The van der Waals surface area contributed by atoms with Crippen molar-refractivity contribution in [3.05, 3.63) is 144 Å². The van der Waals surface area contributed by atoms with Gasteiger partial charge in [0.1, 0.15) is 0 Å². The Morgan fingerprint density at radius 2 is 0.914 bits per heavy atom. The molecular weight excluding hydrogens is 428 g/mol. The van der Waals surface area contributed by atoms with Crippen LogP contribution in [-0.4, -0.2) is 28.2 Å². The smallest absolute Gasteiger partial charge is 0.0713 e. The zero-order valence-electron chi connectivity index (χ0n) is 20.3. The van der Waals surface area contributed by atoms with E-state index in [0.29, 0.717) is 6.42 Å². The van der Waals surface area contributed by atoms with E-state index in [1.54, 1.807) is 0 Å². The number of hydrogen-bond acceptors (Lipinski definition) is 3. The lowest BCUT2D eigenvalue weighted by atomic mass is 9.92. The highest BCUT2D eigenvalue weighted by atomic mass is 16.3. The lowest BCUT2D eigenvalue weighted by Crippen LogP contribution is -2.46. The van der Waals surface area contributed by atoms with Gasteiger partial charge in [-0.15, -0.1) is 0 Å². The number of hydrogen-bond donors (Lipinski definition) is 2. The highest BCUT2D eigenvalue weighted by Crippen LogP contribution is 2.22. The second kappa shape index (κ2) is 13.0. The van der Waals surface area contributed by atoms with Crippen LogP contribution in [0.5, 0.6) is 0 Å². The summed E-state index contributed by atoms with van der Waals surface area (Å²) in [6.07, 6.45) is 1.51. The molecule has 3 N–H and O–H groups in total. The SMILES string of the molecule is N[C@@H](Cc1ccccc1)C[C@@H](O)[C@H](Cc1ccccc1)N(Cc1ccccc1)Cc1ccccc1. The summed E-state index contributed by atoms with van der Waals surface area (Å²) >= 11 is 0. The molecule has 3 heteroatoms. The van der Waals surface area contributed by atoms with E-state index in [1.807, 2.05) is 36.4 Å². The van der Waals surface area contributed by atoms with Crippen molar-refractivity contribution in [1.29, 1.82) is 0 Å². The molecule has 35 heavy (non-hydrogen) atoms. The van der Waals surface area contributed by atoms with Crippen LogP contribution in [0.3, 0.4) is 0 Å². The normalized spacial score (nSPS) is 13.9. The molecule has 0 amide bonds. The molecule has 0 aromatic heterocycles. The molecule has 0 spiro atoms. The molecule has 0 fully saturated rings. The molecule has 4 rings (SSSR count). The topological polar surface area (TPSA) is 49.5 Å². The minimum atomic E-state index is -0.554. The predicted molar refractivity (Wildman–Crippen MR) is 145 cm³/mol. The average Bonchev–Trinajstić information content (AvgIpc) is 2.89. The van der Waals surface area contributed by atoms with Gasteiger partial charge >= 0.3 is 0 Å². The minimum Gasteiger partial charge on any atom is -0.391 e. The first-order chi connectivity index (χ1) is 17.2. The maximum Gasteiger partial charge on any atom is 0.0713 e. The second-order valence-corrected chi connectivity index (χ2v) is 9.39. The zero-order chi connectivity index (χ0) is 24.3. The molecule has 4 aromatic carbocycles. The third-order valence-corrected chi connectivity index (χ3v) is 6.54. The predicted octanol–water partition coefficient (Wildman–Crippen LogP) is 5.62. The Morgan fingerprint density at radius 3 is 1.34 bits per heavy atom. The van der Waals surface area contributed by atoms with Crippen LogP contribution < -0.4 is 5.73 Å². The van der Waals surface area contributed by atoms with E-state index < -0.39 is 6.10 Å². The molecule has 3 nitrogen and oxygen atoms in total. The van der Waals surface area contributed by atoms with Crippen molar-refractivity contribution in [2.45, 2.75) is 50.5 Å². The second-order valence-electron chi connectivity index (χ2n) is 9.39. The molecule has 0 bridgehead atoms. The van der Waals surface area contributed by atoms with Crippen LogP contribution in [0.4, 0.5) is 0 Å². The molecule has 0 aliphatic rings. The van der Waals surface area contributed by atoms with E-state index in [1.165, 1.54) is 22.3 Å². The van der Waals surface area contributed by atoms with E-state index in [9.17, 15) is 5.11 Å². The molecule has 0 saturated carbocycles. The Hall–Kier alpha value is -3.24. The average molecular weight is 465 g/mol. The van der Waals surface area contributed by atoms with Crippen LogP contribution in [0.25, 0.3) is 0 Å². The Kier molecular flexibility index (Phi) is 9.24. The number of aliphatic hydroxyl groups is 1. The number of aliphatic hydroxyl groups excluding tert-OH is 1. The fourth-order valence-corrected chi connectivity index (χ4v) is 4.76. The van der Waals surface area contributed by atoms with Gasteiger partial charge in [0.25, 0.3) is 0 Å². The van der Waals surface area contributed by atoms with Crippen LogP contribution in [0.1, 0.15) is 28.7 Å². The maximum atomic E-state index is 11.6. The van der Waals surface area contributed by atoms with Gasteiger partial charge in [0, 0.05) is 25.2 Å². The van der Waals surface area contributed by atoms with Gasteiger partial charge in [-0.2, -0.15) is 0 Å². The number of nitrogens with zero attached hydrogens (tertiary/aromatic N) is 1. The Bertz CT molecular complexity index is 1060. The highest BCUT2D eigenvalue weighted by molar-refractivity contribution is 5.20. The molecule has 180 valence electrons. The van der Waals surface area contributed by atoms with Gasteiger partial charge in [0.15, 0.2) is 0 Å². The lowest BCUT2D eigenvalue weighted by Gasteiger charge is -2.36. The first-order valence-corrected chi connectivity index (χ1v) is 12.5. The fraction of sp³-hybridized carbons (Fsp3) is 0.250. The van der Waals surface area contributed by atoms with Gasteiger partial charge in [-0.3, -0.25) is 4.90 Å². The van der Waals surface area contributed by atoms with E-state index in [-0.39, 0.29) is 12.1 Å². The van der Waals surface area contributed by atoms with E-state index in [0.717, 1.165) is 25.9 Å². The van der Waals surface area contributed by atoms with Gasteiger partial charge in [0.2, 0.25) is 0 Å². The molecular formula is C32H36N2O. The highest BCUT2D eigenvalue weighted by Gasteiger charge is 2.28. The molecule has 0 aliphatic heterocycles. The maximum absolute atomic E-state index is 11.6. The number of nitrogens with two attached hydrogens (primary N) is 1. The van der Waals surface area contributed by atoms with Gasteiger partial charge in [-0.25, -0.2) is 0 Å². The van der Waals surface area contributed by atoms with Gasteiger partial charge in [-0.05, 0) is 41.5 Å². The van der Waals surface area contributed by atoms with E-state index in [2.05, 4.69) is 89.8 Å². The first-order valence-electron chi connectivity index (χ1n) is 12.5. The Balaban J connectivity index is 1.58. The van der Waals surface area contributed by atoms with Gasteiger partial charge in [0.05, 0.1) is 6.10 Å². The zero-order valence-corrected chi connectivity index (χ0v) is 20.3. The largest absolute Gasteiger partial charge is 0.391 e. The molecule has 0 aliphatic carbocycles. The van der Waals surface area contributed by atoms with Crippen LogP contribution in [0.15, 0.2) is 121 Å². The van der Waals surface area contributed by atoms with Crippen LogP contribution in [0, 0.1) is 0 Å². The van der Waals surface area contributed by atoms with Crippen molar-refractivity contribution in [2.24, 2.45) is 5.73 Å². The van der Waals surface area contributed by atoms with Crippen molar-refractivity contribution in [1.82, 2.24) is 4.90 Å². The Morgan fingerprint density at radius 1 is 0.543 bits per heavy atom. The van der Waals surface area contributed by atoms with E-state index in [4.69, 9.17) is 5.73 Å². The summed E-state index contributed by atoms with van der Waals surface area (Å²) in [4.78, 5) is 2.41. The summed E-state index contributed by atoms with van der Waals surface area (Å²) in [7, 11) is 0. The minimum absolute atomic E-state index is 0.0698. The number of rotatable bonds is 12. The van der Waals surface area contributed by atoms with Crippen molar-refractivity contribution < 1.29 is 5.11 Å². The van der Waals surface area contributed by atoms with Crippen LogP contribution >= 0.6 is 0 Å². The third-order valence-electron chi connectivity index (χ3n) is 6.54. The van der Waals surface area contributed by atoms with Crippen LogP contribution in [-0.2, 0) is 25.9 Å².